The highest BCUT2D eigenvalue weighted by atomic mass is 32.2. The Morgan fingerprint density at radius 2 is 1.95 bits per heavy atom. The van der Waals surface area contributed by atoms with Crippen molar-refractivity contribution in [3.8, 4) is 11.5 Å². The molecule has 1 unspecified atom stereocenters. The monoisotopic (exact) mass is 299 g/mol. The molecule has 0 aliphatic carbocycles. The summed E-state index contributed by atoms with van der Waals surface area (Å²) in [5.74, 6) is 1.20. The van der Waals surface area contributed by atoms with Gasteiger partial charge in [0.1, 0.15) is 0 Å². The molecule has 1 aromatic rings. The predicted octanol–water partition coefficient (Wildman–Crippen LogP) is 1.62. The minimum absolute atomic E-state index is 0.0699. The van der Waals surface area contributed by atoms with E-state index in [0.29, 0.717) is 24.7 Å². The van der Waals surface area contributed by atoms with Crippen molar-refractivity contribution in [3.05, 3.63) is 18.2 Å². The fourth-order valence-corrected chi connectivity index (χ4v) is 3.70. The molecule has 0 bridgehead atoms. The van der Waals surface area contributed by atoms with Crippen molar-refractivity contribution in [3.63, 3.8) is 0 Å². The van der Waals surface area contributed by atoms with Crippen LogP contribution in [0, 0.1) is 0 Å². The van der Waals surface area contributed by atoms with Crippen LogP contribution in [0.4, 0.5) is 0 Å². The van der Waals surface area contributed by atoms with Crippen LogP contribution >= 0.6 is 0 Å². The maximum absolute atomic E-state index is 12.4. The van der Waals surface area contributed by atoms with Gasteiger partial charge in [-0.25, -0.2) is 8.42 Å². The minimum atomic E-state index is -3.33. The van der Waals surface area contributed by atoms with E-state index in [1.165, 1.54) is 0 Å². The molecular weight excluding hydrogens is 278 g/mol. The lowest BCUT2D eigenvalue weighted by Gasteiger charge is -2.14. The Hall–Kier alpha value is -1.27. The Morgan fingerprint density at radius 3 is 2.65 bits per heavy atom. The first-order valence-corrected chi connectivity index (χ1v) is 8.54. The first-order valence-electron chi connectivity index (χ1n) is 6.88. The van der Waals surface area contributed by atoms with Crippen molar-refractivity contribution in [1.29, 1.82) is 0 Å². The molecule has 5 nitrogen and oxygen atoms in total. The zero-order valence-electron chi connectivity index (χ0n) is 11.9. The number of fused-ring (bicyclic) bond motifs is 1. The molecule has 1 aliphatic heterocycles. The topological polar surface area (TPSA) is 64.6 Å². The third-order valence-electron chi connectivity index (χ3n) is 3.10. The van der Waals surface area contributed by atoms with Gasteiger partial charge in [0.2, 0.25) is 0 Å². The second-order valence-corrected chi connectivity index (χ2v) is 6.93. The minimum Gasteiger partial charge on any atom is -0.490 e. The van der Waals surface area contributed by atoms with Crippen LogP contribution in [0.1, 0.15) is 20.3 Å². The van der Waals surface area contributed by atoms with Crippen LogP contribution < -0.4 is 14.8 Å². The lowest BCUT2D eigenvalue weighted by molar-refractivity contribution is 0.297. The molecule has 1 atom stereocenters. The van der Waals surface area contributed by atoms with Gasteiger partial charge < -0.3 is 14.8 Å². The lowest BCUT2D eigenvalue weighted by atomic mass is 10.3. The fourth-order valence-electron chi connectivity index (χ4n) is 2.17. The van der Waals surface area contributed by atoms with Crippen molar-refractivity contribution in [1.82, 2.24) is 5.32 Å². The summed E-state index contributed by atoms with van der Waals surface area (Å²) in [6, 6.07) is 4.74. The number of benzene rings is 1. The quantitative estimate of drug-likeness (QED) is 0.895. The summed E-state index contributed by atoms with van der Waals surface area (Å²) in [6.07, 6.45) is 0.800. The third kappa shape index (κ3) is 3.64. The lowest BCUT2D eigenvalue weighted by Crippen LogP contribution is -2.32. The number of nitrogens with one attached hydrogen (secondary N) is 1. The van der Waals surface area contributed by atoms with Gasteiger partial charge in [-0.1, -0.05) is 6.92 Å². The first kappa shape index (κ1) is 15.1. The Bertz CT molecular complexity index is 556. The number of ether oxygens (including phenoxy) is 2. The van der Waals surface area contributed by atoms with Crippen molar-refractivity contribution < 1.29 is 17.9 Å². The van der Waals surface area contributed by atoms with E-state index in [0.717, 1.165) is 13.0 Å². The molecule has 0 fully saturated rings. The van der Waals surface area contributed by atoms with Crippen LogP contribution in [-0.4, -0.2) is 40.0 Å². The van der Waals surface area contributed by atoms with E-state index in [1.54, 1.807) is 18.2 Å². The maximum atomic E-state index is 12.4. The van der Waals surface area contributed by atoms with E-state index in [9.17, 15) is 8.42 Å². The molecule has 1 aromatic carbocycles. The van der Waals surface area contributed by atoms with Crippen molar-refractivity contribution in [2.75, 3.05) is 25.5 Å². The summed E-state index contributed by atoms with van der Waals surface area (Å²) in [7, 11) is -3.33. The summed E-state index contributed by atoms with van der Waals surface area (Å²) in [5.41, 5.74) is 0. The van der Waals surface area contributed by atoms with E-state index in [2.05, 4.69) is 5.32 Å². The molecule has 6 heteroatoms. The number of sulfone groups is 1. The largest absolute Gasteiger partial charge is 0.490 e. The van der Waals surface area contributed by atoms with Crippen molar-refractivity contribution >= 4 is 9.84 Å². The molecule has 0 radical (unpaired) electrons. The Balaban J connectivity index is 2.22. The molecule has 1 N–H and O–H groups in total. The Kier molecular flexibility index (Phi) is 4.88. The average molecular weight is 299 g/mol. The highest BCUT2D eigenvalue weighted by Crippen LogP contribution is 2.32. The number of rotatable bonds is 5. The van der Waals surface area contributed by atoms with E-state index in [1.807, 2.05) is 13.8 Å². The second-order valence-electron chi connectivity index (χ2n) is 4.90. The van der Waals surface area contributed by atoms with Gasteiger partial charge >= 0.3 is 0 Å². The van der Waals surface area contributed by atoms with Crippen molar-refractivity contribution in [2.24, 2.45) is 0 Å². The van der Waals surface area contributed by atoms with Gasteiger partial charge in [-0.3, -0.25) is 0 Å². The van der Waals surface area contributed by atoms with E-state index >= 15 is 0 Å². The average Bonchev–Trinajstić information content (AvgIpc) is 2.62. The summed E-state index contributed by atoms with van der Waals surface area (Å²) >= 11 is 0. The molecule has 0 saturated heterocycles. The molecule has 1 heterocycles. The second kappa shape index (κ2) is 6.45. The van der Waals surface area contributed by atoms with Gasteiger partial charge in [0.25, 0.3) is 0 Å². The van der Waals surface area contributed by atoms with E-state index < -0.39 is 9.84 Å². The SMILES string of the molecule is CCNC(C)CS(=O)(=O)c1ccc2c(c1)OCCCO2. The van der Waals surface area contributed by atoms with Crippen LogP contribution in [0.25, 0.3) is 0 Å². The van der Waals surface area contributed by atoms with E-state index in [-0.39, 0.29) is 16.7 Å². The summed E-state index contributed by atoms with van der Waals surface area (Å²) in [6.45, 7) is 5.71. The number of hydrogen-bond donors (Lipinski definition) is 1. The summed E-state index contributed by atoms with van der Waals surface area (Å²) in [4.78, 5) is 0.284. The summed E-state index contributed by atoms with van der Waals surface area (Å²) in [5, 5.41) is 3.11. The van der Waals surface area contributed by atoms with Crippen LogP contribution in [0.15, 0.2) is 23.1 Å². The van der Waals surface area contributed by atoms with Gasteiger partial charge in [-0.05, 0) is 25.6 Å². The summed E-state index contributed by atoms with van der Waals surface area (Å²) < 4.78 is 35.7. The Morgan fingerprint density at radius 1 is 1.25 bits per heavy atom. The van der Waals surface area contributed by atoms with Crippen LogP contribution in [-0.2, 0) is 9.84 Å². The molecule has 2 rings (SSSR count). The molecule has 0 amide bonds. The molecule has 0 spiro atoms. The molecule has 0 aromatic heterocycles. The van der Waals surface area contributed by atoms with Gasteiger partial charge in [-0.15, -0.1) is 0 Å². The van der Waals surface area contributed by atoms with Crippen molar-refractivity contribution in [2.45, 2.75) is 31.2 Å². The highest BCUT2D eigenvalue weighted by molar-refractivity contribution is 7.91. The van der Waals surface area contributed by atoms with Gasteiger partial charge in [-0.2, -0.15) is 0 Å². The third-order valence-corrected chi connectivity index (χ3v) is 5.01. The number of hydrogen-bond acceptors (Lipinski definition) is 5. The molecule has 1 aliphatic rings. The molecule has 0 saturated carbocycles. The molecular formula is C14H21NO4S. The first-order chi connectivity index (χ1) is 9.53. The van der Waals surface area contributed by atoms with Crippen LogP contribution in [0.5, 0.6) is 11.5 Å². The molecule has 20 heavy (non-hydrogen) atoms. The van der Waals surface area contributed by atoms with Gasteiger partial charge in [0, 0.05) is 18.5 Å². The van der Waals surface area contributed by atoms with Crippen LogP contribution in [0.3, 0.4) is 0 Å². The maximum Gasteiger partial charge on any atom is 0.180 e. The zero-order valence-corrected chi connectivity index (χ0v) is 12.7. The fraction of sp³-hybridized carbons (Fsp3) is 0.571. The highest BCUT2D eigenvalue weighted by Gasteiger charge is 2.21. The predicted molar refractivity (Wildman–Crippen MR) is 77.2 cm³/mol. The van der Waals surface area contributed by atoms with Crippen LogP contribution in [0.2, 0.25) is 0 Å². The van der Waals surface area contributed by atoms with Gasteiger partial charge in [0.15, 0.2) is 21.3 Å². The normalized spacial score (nSPS) is 16.5. The standard InChI is InChI=1S/C14H21NO4S/c1-3-15-11(2)10-20(16,17)12-5-6-13-14(9-12)19-8-4-7-18-13/h5-6,9,11,15H,3-4,7-8,10H2,1-2H3. The smallest absolute Gasteiger partial charge is 0.180 e. The van der Waals surface area contributed by atoms with Gasteiger partial charge in [0.05, 0.1) is 23.9 Å². The zero-order chi connectivity index (χ0) is 14.6. The Labute approximate surface area is 120 Å². The molecule has 112 valence electrons. The van der Waals surface area contributed by atoms with E-state index in [4.69, 9.17) is 9.47 Å².